The van der Waals surface area contributed by atoms with Crippen molar-refractivity contribution in [3.8, 4) is 11.3 Å². The Morgan fingerprint density at radius 1 is 0.957 bits per heavy atom. The lowest BCUT2D eigenvalue weighted by atomic mass is 10.1. The van der Waals surface area contributed by atoms with Crippen molar-refractivity contribution in [3.63, 3.8) is 0 Å². The summed E-state index contributed by atoms with van der Waals surface area (Å²) in [7, 11) is 0. The maximum atomic E-state index is 4.68. The quantitative estimate of drug-likeness (QED) is 0.549. The predicted octanol–water partition coefficient (Wildman–Crippen LogP) is 5.41. The Morgan fingerprint density at radius 3 is 2.70 bits per heavy atom. The highest BCUT2D eigenvalue weighted by molar-refractivity contribution is 7.14. The molecule has 0 aliphatic carbocycles. The Balaban J connectivity index is 1.63. The van der Waals surface area contributed by atoms with Crippen LogP contribution in [0.15, 0.2) is 66.2 Å². The number of thiazole rings is 1. The molecule has 1 N–H and O–H groups in total. The van der Waals surface area contributed by atoms with Crippen LogP contribution in [0, 0.1) is 6.92 Å². The van der Waals surface area contributed by atoms with Crippen molar-refractivity contribution in [2.45, 2.75) is 6.92 Å². The van der Waals surface area contributed by atoms with Crippen LogP contribution in [0.4, 0.5) is 10.9 Å². The Morgan fingerprint density at radius 2 is 1.83 bits per heavy atom. The van der Waals surface area contributed by atoms with Crippen LogP contribution in [0.1, 0.15) is 5.56 Å². The first-order valence-corrected chi connectivity index (χ1v) is 8.30. The maximum Gasteiger partial charge on any atom is 0.188 e. The second-order valence-corrected chi connectivity index (χ2v) is 6.30. The summed E-state index contributed by atoms with van der Waals surface area (Å²) in [4.78, 5) is 8.99. The Bertz CT molecular complexity index is 975. The number of nitrogens with zero attached hydrogens (tertiary/aromatic N) is 2. The molecule has 0 saturated heterocycles. The van der Waals surface area contributed by atoms with Gasteiger partial charge in [0.2, 0.25) is 0 Å². The van der Waals surface area contributed by atoms with Gasteiger partial charge >= 0.3 is 0 Å². The van der Waals surface area contributed by atoms with Gasteiger partial charge in [-0.05, 0) is 41.5 Å². The molecule has 2 aromatic carbocycles. The van der Waals surface area contributed by atoms with E-state index >= 15 is 0 Å². The van der Waals surface area contributed by atoms with Gasteiger partial charge in [0.15, 0.2) is 5.13 Å². The van der Waals surface area contributed by atoms with Crippen molar-refractivity contribution in [1.29, 1.82) is 0 Å². The minimum absolute atomic E-state index is 0.824. The van der Waals surface area contributed by atoms with Crippen molar-refractivity contribution < 1.29 is 0 Å². The van der Waals surface area contributed by atoms with Gasteiger partial charge in [-0.3, -0.25) is 0 Å². The number of aryl methyl sites for hydroxylation is 1. The van der Waals surface area contributed by atoms with Crippen LogP contribution in [-0.4, -0.2) is 9.97 Å². The van der Waals surface area contributed by atoms with Crippen molar-refractivity contribution in [1.82, 2.24) is 9.97 Å². The Kier molecular flexibility index (Phi) is 3.52. The number of rotatable bonds is 3. The van der Waals surface area contributed by atoms with Gasteiger partial charge in [-0.2, -0.15) is 0 Å². The zero-order valence-electron chi connectivity index (χ0n) is 12.7. The monoisotopic (exact) mass is 317 g/mol. The second kappa shape index (κ2) is 5.82. The molecule has 0 bridgehead atoms. The second-order valence-electron chi connectivity index (χ2n) is 5.44. The molecule has 3 nitrogen and oxygen atoms in total. The lowest BCUT2D eigenvalue weighted by Crippen LogP contribution is -1.93. The molecule has 4 rings (SSSR count). The molecular formula is C19H15N3S. The third-order valence-corrected chi connectivity index (χ3v) is 4.46. The minimum atomic E-state index is 0.824. The van der Waals surface area contributed by atoms with Crippen LogP contribution in [0.5, 0.6) is 0 Å². The molecule has 0 aliphatic rings. The van der Waals surface area contributed by atoms with E-state index in [0.717, 1.165) is 22.2 Å². The fourth-order valence-corrected chi connectivity index (χ4v) is 3.25. The normalized spacial score (nSPS) is 10.8. The van der Waals surface area contributed by atoms with Gasteiger partial charge in [-0.1, -0.05) is 36.4 Å². The topological polar surface area (TPSA) is 37.8 Å². The van der Waals surface area contributed by atoms with E-state index in [1.54, 1.807) is 17.5 Å². The van der Waals surface area contributed by atoms with Crippen LogP contribution in [0.3, 0.4) is 0 Å². The number of anilines is 2. The van der Waals surface area contributed by atoms with E-state index in [9.17, 15) is 0 Å². The molecule has 2 heterocycles. The highest BCUT2D eigenvalue weighted by atomic mass is 32.1. The average molecular weight is 317 g/mol. The molecule has 0 fully saturated rings. The fraction of sp³-hybridized carbons (Fsp3) is 0.0526. The van der Waals surface area contributed by atoms with Crippen molar-refractivity contribution in [2.75, 3.05) is 5.32 Å². The molecule has 4 heteroatoms. The molecule has 0 saturated carbocycles. The molecule has 0 atom stereocenters. The third-order valence-electron chi connectivity index (χ3n) is 3.70. The zero-order valence-corrected chi connectivity index (χ0v) is 13.5. The van der Waals surface area contributed by atoms with Crippen LogP contribution >= 0.6 is 11.3 Å². The average Bonchev–Trinajstić information content (AvgIpc) is 3.03. The number of hydrogen-bond acceptors (Lipinski definition) is 4. The van der Waals surface area contributed by atoms with Crippen molar-refractivity contribution in [3.05, 3.63) is 71.7 Å². The molecule has 0 unspecified atom stereocenters. The van der Waals surface area contributed by atoms with Gasteiger partial charge in [-0.15, -0.1) is 11.3 Å². The highest BCUT2D eigenvalue weighted by Crippen LogP contribution is 2.29. The van der Waals surface area contributed by atoms with E-state index in [0.29, 0.717) is 0 Å². The van der Waals surface area contributed by atoms with E-state index in [4.69, 9.17) is 0 Å². The van der Waals surface area contributed by atoms with Gasteiger partial charge in [0, 0.05) is 17.1 Å². The zero-order chi connectivity index (χ0) is 15.6. The van der Waals surface area contributed by atoms with Crippen LogP contribution in [0.2, 0.25) is 0 Å². The maximum absolute atomic E-state index is 4.68. The number of benzene rings is 2. The number of pyridine rings is 1. The van der Waals surface area contributed by atoms with Crippen LogP contribution in [-0.2, 0) is 0 Å². The van der Waals surface area contributed by atoms with E-state index in [-0.39, 0.29) is 0 Å². The molecular weight excluding hydrogens is 302 g/mol. The summed E-state index contributed by atoms with van der Waals surface area (Å²) in [6.45, 7) is 2.05. The van der Waals surface area contributed by atoms with Crippen molar-refractivity contribution in [2.24, 2.45) is 0 Å². The highest BCUT2D eigenvalue weighted by Gasteiger charge is 2.06. The first kappa shape index (κ1) is 13.9. The van der Waals surface area contributed by atoms with Gasteiger partial charge in [-0.25, -0.2) is 9.97 Å². The summed E-state index contributed by atoms with van der Waals surface area (Å²) < 4.78 is 0. The smallest absolute Gasteiger partial charge is 0.188 e. The number of aromatic nitrogens is 2. The van der Waals surface area contributed by atoms with Crippen LogP contribution in [0.25, 0.3) is 22.0 Å². The van der Waals surface area contributed by atoms with Gasteiger partial charge in [0.25, 0.3) is 0 Å². The Hall–Kier alpha value is -2.72. The summed E-state index contributed by atoms with van der Waals surface area (Å²) in [5, 5.41) is 8.67. The molecule has 23 heavy (non-hydrogen) atoms. The summed E-state index contributed by atoms with van der Waals surface area (Å²) in [5.41, 5.74) is 3.29. The first-order valence-electron chi connectivity index (χ1n) is 7.42. The number of nitrogens with one attached hydrogen (secondary N) is 1. The van der Waals surface area contributed by atoms with Gasteiger partial charge in [0.1, 0.15) is 5.82 Å². The summed E-state index contributed by atoms with van der Waals surface area (Å²) >= 11 is 1.59. The SMILES string of the molecule is Cc1ccnc(Nc2nc(-c3ccc4ccccc4c3)cs2)c1. The van der Waals surface area contributed by atoms with Gasteiger partial charge in [0.05, 0.1) is 5.69 Å². The van der Waals surface area contributed by atoms with Crippen LogP contribution < -0.4 is 5.32 Å². The van der Waals surface area contributed by atoms with Gasteiger partial charge < -0.3 is 5.32 Å². The molecule has 112 valence electrons. The number of fused-ring (bicyclic) bond motifs is 1. The first-order chi connectivity index (χ1) is 11.3. The largest absolute Gasteiger partial charge is 0.316 e. The standard InChI is InChI=1S/C19H15N3S/c1-13-8-9-20-18(10-13)22-19-21-17(12-23-19)16-7-6-14-4-2-3-5-15(14)11-16/h2-12H,1H3,(H,20,21,22). The summed E-state index contributed by atoms with van der Waals surface area (Å²) in [6.07, 6.45) is 1.80. The lowest BCUT2D eigenvalue weighted by Gasteiger charge is -2.02. The number of hydrogen-bond donors (Lipinski definition) is 1. The Labute approximate surface area is 138 Å². The predicted molar refractivity (Wildman–Crippen MR) is 97.3 cm³/mol. The van der Waals surface area contributed by atoms with Crippen molar-refractivity contribution >= 4 is 33.1 Å². The third kappa shape index (κ3) is 2.94. The summed E-state index contributed by atoms with van der Waals surface area (Å²) in [6, 6.07) is 18.8. The van der Waals surface area contributed by atoms with E-state index in [1.165, 1.54) is 16.3 Å². The lowest BCUT2D eigenvalue weighted by molar-refractivity contribution is 1.26. The summed E-state index contributed by atoms with van der Waals surface area (Å²) in [5.74, 6) is 0.824. The van der Waals surface area contributed by atoms with E-state index in [1.807, 2.05) is 12.1 Å². The molecule has 0 amide bonds. The fourth-order valence-electron chi connectivity index (χ4n) is 2.53. The molecule has 0 spiro atoms. The molecule has 4 aromatic rings. The van der Waals surface area contributed by atoms with E-state index in [2.05, 4.69) is 70.1 Å². The molecule has 0 radical (unpaired) electrons. The molecule has 0 aliphatic heterocycles. The minimum Gasteiger partial charge on any atom is -0.316 e. The molecule has 2 aromatic heterocycles. The van der Waals surface area contributed by atoms with E-state index < -0.39 is 0 Å².